The van der Waals surface area contributed by atoms with E-state index in [1.807, 2.05) is 0 Å². The number of phenols is 1. The molecule has 0 saturated heterocycles. The summed E-state index contributed by atoms with van der Waals surface area (Å²) < 4.78 is 6.79. The summed E-state index contributed by atoms with van der Waals surface area (Å²) in [6.45, 7) is 0. The summed E-state index contributed by atoms with van der Waals surface area (Å²) in [5.74, 6) is 0.232. The fraction of sp³-hybridized carbons (Fsp3) is 0.278. The second-order valence-corrected chi connectivity index (χ2v) is 6.34. The number of carbonyl (C=O) groups is 2. The van der Waals surface area contributed by atoms with E-state index >= 15 is 0 Å². The molecule has 0 radical (unpaired) electrons. The minimum absolute atomic E-state index is 0.00729. The molecular formula is C18H18N4O4. The van der Waals surface area contributed by atoms with Crippen LogP contribution in [0.1, 0.15) is 41.2 Å². The van der Waals surface area contributed by atoms with E-state index in [1.165, 1.54) is 19.4 Å². The van der Waals surface area contributed by atoms with Gasteiger partial charge in [-0.2, -0.15) is 5.10 Å². The van der Waals surface area contributed by atoms with Crippen LogP contribution in [0.3, 0.4) is 0 Å². The van der Waals surface area contributed by atoms with E-state index < -0.39 is 11.9 Å². The van der Waals surface area contributed by atoms with Gasteiger partial charge in [0.1, 0.15) is 17.4 Å². The topological polar surface area (TPSA) is 119 Å². The lowest BCUT2D eigenvalue weighted by atomic mass is 9.85. The van der Waals surface area contributed by atoms with Gasteiger partial charge < -0.3 is 20.9 Å². The van der Waals surface area contributed by atoms with Crippen LogP contribution in [0.15, 0.2) is 35.7 Å². The Morgan fingerprint density at radius 3 is 2.96 bits per heavy atom. The number of primary amides is 1. The van der Waals surface area contributed by atoms with E-state index in [4.69, 9.17) is 10.5 Å². The predicted octanol–water partition coefficient (Wildman–Crippen LogP) is 1.72. The highest BCUT2D eigenvalue weighted by atomic mass is 16.5. The molecule has 1 atom stereocenters. The molecule has 1 aliphatic carbocycles. The molecule has 0 saturated carbocycles. The first-order valence-corrected chi connectivity index (χ1v) is 8.28. The molecule has 0 spiro atoms. The monoisotopic (exact) mass is 354 g/mol. The summed E-state index contributed by atoms with van der Waals surface area (Å²) in [7, 11) is 1.46. The molecule has 1 aromatic carbocycles. The highest BCUT2D eigenvalue weighted by molar-refractivity contribution is 6.02. The van der Waals surface area contributed by atoms with Crippen LogP contribution in [-0.4, -0.2) is 33.7 Å². The Balaban J connectivity index is 1.94. The number of ketones is 1. The Bertz CT molecular complexity index is 960. The number of fused-ring (bicyclic) bond motifs is 1. The fourth-order valence-corrected chi connectivity index (χ4v) is 3.61. The third kappa shape index (κ3) is 2.33. The zero-order valence-corrected chi connectivity index (χ0v) is 14.2. The summed E-state index contributed by atoms with van der Waals surface area (Å²) in [5.41, 5.74) is 7.86. The number of carbonyl (C=O) groups excluding carboxylic acids is 2. The average Bonchev–Trinajstić information content (AvgIpc) is 3.04. The number of amides is 1. The van der Waals surface area contributed by atoms with Crippen LogP contribution in [0.5, 0.6) is 11.5 Å². The molecule has 26 heavy (non-hydrogen) atoms. The maximum Gasteiger partial charge on any atom is 0.254 e. The zero-order valence-electron chi connectivity index (χ0n) is 14.2. The fourth-order valence-electron chi connectivity index (χ4n) is 3.61. The van der Waals surface area contributed by atoms with Gasteiger partial charge in [0.2, 0.25) is 0 Å². The lowest BCUT2D eigenvalue weighted by Crippen LogP contribution is -2.32. The zero-order chi connectivity index (χ0) is 18.4. The molecule has 2 aromatic rings. The Morgan fingerprint density at radius 1 is 1.42 bits per heavy atom. The number of phenolic OH excluding ortho intramolecular Hbond substituents is 1. The number of aromatic hydroxyl groups is 1. The first-order valence-electron chi connectivity index (χ1n) is 8.28. The van der Waals surface area contributed by atoms with Crippen LogP contribution in [0, 0.1) is 0 Å². The van der Waals surface area contributed by atoms with Crippen LogP contribution in [0.2, 0.25) is 0 Å². The van der Waals surface area contributed by atoms with Crippen LogP contribution in [0.25, 0.3) is 0 Å². The number of benzene rings is 1. The van der Waals surface area contributed by atoms with Crippen molar-refractivity contribution in [2.24, 2.45) is 5.73 Å². The van der Waals surface area contributed by atoms with Gasteiger partial charge in [-0.25, -0.2) is 4.68 Å². The average molecular weight is 354 g/mol. The van der Waals surface area contributed by atoms with Crippen molar-refractivity contribution in [1.82, 2.24) is 9.78 Å². The minimum Gasteiger partial charge on any atom is -0.504 e. The molecule has 4 N–H and O–H groups in total. The lowest BCUT2D eigenvalue weighted by Gasteiger charge is -2.33. The van der Waals surface area contributed by atoms with Gasteiger partial charge in [0.25, 0.3) is 5.91 Å². The predicted molar refractivity (Wildman–Crippen MR) is 93.0 cm³/mol. The van der Waals surface area contributed by atoms with Gasteiger partial charge in [0.15, 0.2) is 17.3 Å². The number of rotatable bonds is 3. The van der Waals surface area contributed by atoms with Gasteiger partial charge in [0.05, 0.1) is 13.3 Å². The molecule has 8 heteroatoms. The second kappa shape index (κ2) is 5.91. The normalized spacial score (nSPS) is 18.8. The van der Waals surface area contributed by atoms with Gasteiger partial charge in [0, 0.05) is 17.7 Å². The third-order valence-corrected chi connectivity index (χ3v) is 4.82. The van der Waals surface area contributed by atoms with Crippen molar-refractivity contribution in [3.05, 3.63) is 46.8 Å². The largest absolute Gasteiger partial charge is 0.504 e. The molecule has 0 fully saturated rings. The smallest absolute Gasteiger partial charge is 0.254 e. The van der Waals surface area contributed by atoms with Crippen molar-refractivity contribution in [1.29, 1.82) is 0 Å². The number of aromatic nitrogens is 2. The van der Waals surface area contributed by atoms with E-state index in [0.29, 0.717) is 30.0 Å². The molecule has 2 aliphatic rings. The van der Waals surface area contributed by atoms with Crippen LogP contribution in [0.4, 0.5) is 5.82 Å². The van der Waals surface area contributed by atoms with Gasteiger partial charge in [-0.05, 0) is 30.5 Å². The van der Waals surface area contributed by atoms with E-state index in [9.17, 15) is 14.7 Å². The number of nitrogens with one attached hydrogen (secondary N) is 1. The Morgan fingerprint density at radius 2 is 2.23 bits per heavy atom. The highest BCUT2D eigenvalue weighted by Crippen LogP contribution is 2.43. The van der Waals surface area contributed by atoms with Crippen molar-refractivity contribution in [3.63, 3.8) is 0 Å². The number of hydrogen-bond acceptors (Lipinski definition) is 6. The standard InChI is InChI=1S/C18H18N4O4/c1-26-14-7-9(5-6-12(14)23)16-15-11(3-2-4-13(15)24)21-18-10(17(19)25)8-20-22(16)18/h5-8,16,21,23H,2-4H2,1H3,(H2,19,25)/t16-/m1/s1. The Kier molecular flexibility index (Phi) is 3.68. The maximum absolute atomic E-state index is 12.7. The van der Waals surface area contributed by atoms with Gasteiger partial charge in [-0.1, -0.05) is 6.07 Å². The van der Waals surface area contributed by atoms with Crippen molar-refractivity contribution >= 4 is 17.5 Å². The summed E-state index contributed by atoms with van der Waals surface area (Å²) in [6.07, 6.45) is 3.32. The van der Waals surface area contributed by atoms with Gasteiger partial charge in [-0.15, -0.1) is 0 Å². The molecule has 1 amide bonds. The van der Waals surface area contributed by atoms with Crippen molar-refractivity contribution < 1.29 is 19.4 Å². The van der Waals surface area contributed by atoms with Crippen LogP contribution < -0.4 is 15.8 Å². The van der Waals surface area contributed by atoms with E-state index in [1.54, 1.807) is 16.8 Å². The van der Waals surface area contributed by atoms with E-state index in [0.717, 1.165) is 17.7 Å². The summed E-state index contributed by atoms with van der Waals surface area (Å²) >= 11 is 0. The number of ether oxygens (including phenoxy) is 1. The third-order valence-electron chi connectivity index (χ3n) is 4.82. The number of nitrogens with zero attached hydrogens (tertiary/aromatic N) is 2. The number of methoxy groups -OCH3 is 1. The van der Waals surface area contributed by atoms with Gasteiger partial charge >= 0.3 is 0 Å². The van der Waals surface area contributed by atoms with E-state index in [-0.39, 0.29) is 17.1 Å². The summed E-state index contributed by atoms with van der Waals surface area (Å²) in [6, 6.07) is 4.39. The molecule has 8 nitrogen and oxygen atoms in total. The van der Waals surface area contributed by atoms with Crippen molar-refractivity contribution in [3.8, 4) is 11.5 Å². The first kappa shape index (κ1) is 16.2. The summed E-state index contributed by atoms with van der Waals surface area (Å²) in [5, 5.41) is 17.4. The molecule has 0 bridgehead atoms. The molecule has 1 aromatic heterocycles. The SMILES string of the molecule is COc1cc([C@@H]2C3=C(CCCC3=O)Nc3c(C(N)=O)cnn32)ccc1O. The number of allylic oxidation sites excluding steroid dienone is 2. The number of nitrogens with two attached hydrogens (primary N) is 1. The van der Waals surface area contributed by atoms with E-state index in [2.05, 4.69) is 10.4 Å². The van der Waals surface area contributed by atoms with Crippen LogP contribution in [-0.2, 0) is 4.79 Å². The molecule has 0 unspecified atom stereocenters. The lowest BCUT2D eigenvalue weighted by molar-refractivity contribution is -0.116. The Labute approximate surface area is 149 Å². The molecule has 2 heterocycles. The number of anilines is 1. The number of Topliss-reactive ketones (excluding diaryl/α,β-unsaturated/α-hetero) is 1. The highest BCUT2D eigenvalue weighted by Gasteiger charge is 2.37. The minimum atomic E-state index is -0.591. The maximum atomic E-state index is 12.7. The van der Waals surface area contributed by atoms with Crippen LogP contribution >= 0.6 is 0 Å². The quantitative estimate of drug-likeness (QED) is 0.772. The second-order valence-electron chi connectivity index (χ2n) is 6.34. The molecule has 134 valence electrons. The molecular weight excluding hydrogens is 336 g/mol. The Hall–Kier alpha value is -3.29. The number of hydrogen-bond donors (Lipinski definition) is 3. The molecule has 1 aliphatic heterocycles. The summed E-state index contributed by atoms with van der Waals surface area (Å²) in [4.78, 5) is 24.4. The first-order chi connectivity index (χ1) is 12.5. The van der Waals surface area contributed by atoms with Crippen molar-refractivity contribution in [2.75, 3.05) is 12.4 Å². The van der Waals surface area contributed by atoms with Crippen molar-refractivity contribution in [2.45, 2.75) is 25.3 Å². The molecule has 4 rings (SSSR count). The van der Waals surface area contributed by atoms with Gasteiger partial charge in [-0.3, -0.25) is 9.59 Å².